The molecule has 0 aromatic heterocycles. The number of nitrogens with zero attached hydrogens (tertiary/aromatic N) is 1. The number of fused-ring (bicyclic) bond motifs is 2. The first-order valence-electron chi connectivity index (χ1n) is 9.78. The minimum atomic E-state index is -0.297. The van der Waals surface area contributed by atoms with Crippen molar-refractivity contribution in [3.05, 3.63) is 70.5 Å². The van der Waals surface area contributed by atoms with Gasteiger partial charge in [-0.1, -0.05) is 30.3 Å². The van der Waals surface area contributed by atoms with Crippen LogP contribution in [0.3, 0.4) is 0 Å². The molecule has 1 unspecified atom stereocenters. The first-order chi connectivity index (χ1) is 12.9. The molecule has 2 bridgehead atoms. The van der Waals surface area contributed by atoms with Gasteiger partial charge in [-0.25, -0.2) is 4.39 Å². The number of amides is 1. The predicted octanol–water partition coefficient (Wildman–Crippen LogP) is 4.54. The molecule has 2 fully saturated rings. The fourth-order valence-corrected chi connectivity index (χ4v) is 5.34. The Morgan fingerprint density at radius 1 is 1.15 bits per heavy atom. The van der Waals surface area contributed by atoms with E-state index < -0.39 is 0 Å². The molecule has 4 heteroatoms. The quantitative estimate of drug-likeness (QED) is 0.862. The van der Waals surface area contributed by atoms with E-state index in [0.717, 1.165) is 18.4 Å². The lowest BCUT2D eigenvalue weighted by Gasteiger charge is -2.41. The molecule has 0 saturated carbocycles. The monoisotopic (exact) mass is 366 g/mol. The summed E-state index contributed by atoms with van der Waals surface area (Å²) in [7, 11) is 2.20. The summed E-state index contributed by atoms with van der Waals surface area (Å²) in [5.41, 5.74) is 3.04. The number of benzene rings is 2. The Balaban J connectivity index is 1.72. The lowest BCUT2D eigenvalue weighted by atomic mass is 9.78. The number of aryl methyl sites for hydroxylation is 2. The van der Waals surface area contributed by atoms with E-state index in [1.54, 1.807) is 13.8 Å². The minimum Gasteiger partial charge on any atom is -0.343 e. The van der Waals surface area contributed by atoms with Gasteiger partial charge in [0, 0.05) is 17.1 Å². The Hall–Kier alpha value is -2.20. The van der Waals surface area contributed by atoms with Crippen LogP contribution in [0.1, 0.15) is 58.8 Å². The summed E-state index contributed by atoms with van der Waals surface area (Å²) in [5, 5.41) is 3.34. The first-order valence-corrected chi connectivity index (χ1v) is 9.78. The highest BCUT2D eigenvalue weighted by Crippen LogP contribution is 2.51. The molecule has 0 aliphatic carbocycles. The average Bonchev–Trinajstić information content (AvgIpc) is 3.12. The Labute approximate surface area is 160 Å². The van der Waals surface area contributed by atoms with Crippen molar-refractivity contribution < 1.29 is 9.18 Å². The van der Waals surface area contributed by atoms with E-state index in [9.17, 15) is 9.18 Å². The van der Waals surface area contributed by atoms with E-state index in [1.165, 1.54) is 25.0 Å². The number of nitrogens with one attached hydrogen (secondary N) is 1. The molecule has 142 valence electrons. The highest BCUT2D eigenvalue weighted by atomic mass is 19.1. The Kier molecular flexibility index (Phi) is 4.55. The van der Waals surface area contributed by atoms with Crippen LogP contribution >= 0.6 is 0 Å². The molecule has 1 amide bonds. The van der Waals surface area contributed by atoms with Crippen LogP contribution in [0, 0.1) is 19.7 Å². The molecule has 2 aromatic rings. The van der Waals surface area contributed by atoms with Crippen molar-refractivity contribution in [3.8, 4) is 0 Å². The molecule has 1 N–H and O–H groups in total. The van der Waals surface area contributed by atoms with Gasteiger partial charge in [0.1, 0.15) is 5.82 Å². The van der Waals surface area contributed by atoms with Gasteiger partial charge in [0.2, 0.25) is 0 Å². The summed E-state index contributed by atoms with van der Waals surface area (Å²) in [6, 6.07) is 13.7. The third-order valence-corrected chi connectivity index (χ3v) is 6.74. The number of rotatable bonds is 4. The molecular formula is C23H27FN2O. The van der Waals surface area contributed by atoms with E-state index in [4.69, 9.17) is 0 Å². The minimum absolute atomic E-state index is 0.0382. The Morgan fingerprint density at radius 3 is 2.26 bits per heavy atom. The van der Waals surface area contributed by atoms with Crippen molar-refractivity contribution in [3.63, 3.8) is 0 Å². The van der Waals surface area contributed by atoms with E-state index >= 15 is 0 Å². The summed E-state index contributed by atoms with van der Waals surface area (Å²) in [6.45, 7) is 3.60. The molecule has 3 nitrogen and oxygen atoms in total. The Morgan fingerprint density at radius 2 is 1.74 bits per heavy atom. The number of hydrogen-bond acceptors (Lipinski definition) is 2. The van der Waals surface area contributed by atoms with Crippen LogP contribution in [0.4, 0.5) is 4.39 Å². The molecule has 0 spiro atoms. The summed E-state index contributed by atoms with van der Waals surface area (Å²) in [5.74, 6) is -0.411. The fraction of sp³-hybridized carbons (Fsp3) is 0.435. The number of halogens is 1. The van der Waals surface area contributed by atoms with Crippen molar-refractivity contribution in [2.45, 2.75) is 57.2 Å². The van der Waals surface area contributed by atoms with Gasteiger partial charge in [-0.3, -0.25) is 9.69 Å². The number of carbonyl (C=O) groups is 1. The number of carbonyl (C=O) groups excluding carboxylic acids is 1. The molecule has 4 rings (SSSR count). The van der Waals surface area contributed by atoms with E-state index in [2.05, 4.69) is 29.4 Å². The molecule has 2 saturated heterocycles. The van der Waals surface area contributed by atoms with Crippen LogP contribution in [0.15, 0.2) is 42.5 Å². The summed E-state index contributed by atoms with van der Waals surface area (Å²) in [6.07, 6.45) is 4.55. The van der Waals surface area contributed by atoms with Gasteiger partial charge >= 0.3 is 0 Å². The van der Waals surface area contributed by atoms with Crippen LogP contribution in [-0.4, -0.2) is 29.4 Å². The highest BCUT2D eigenvalue weighted by Gasteiger charge is 2.54. The fourth-order valence-electron chi connectivity index (χ4n) is 5.34. The number of likely N-dealkylation sites (N-methyl/N-ethyl adjacent to an activating group) is 1. The zero-order valence-electron chi connectivity index (χ0n) is 16.3. The second-order valence-electron chi connectivity index (χ2n) is 8.18. The topological polar surface area (TPSA) is 32.3 Å². The Bertz CT molecular complexity index is 833. The second-order valence-corrected chi connectivity index (χ2v) is 8.18. The molecular weight excluding hydrogens is 339 g/mol. The maximum absolute atomic E-state index is 13.7. The van der Waals surface area contributed by atoms with Crippen LogP contribution in [-0.2, 0) is 0 Å². The smallest absolute Gasteiger partial charge is 0.252 e. The lowest BCUT2D eigenvalue weighted by Crippen LogP contribution is -2.51. The molecule has 2 aliphatic rings. The van der Waals surface area contributed by atoms with E-state index in [-0.39, 0.29) is 23.3 Å². The van der Waals surface area contributed by atoms with E-state index in [1.807, 2.05) is 18.2 Å². The third kappa shape index (κ3) is 2.96. The maximum Gasteiger partial charge on any atom is 0.252 e. The normalized spacial score (nSPS) is 25.6. The zero-order valence-corrected chi connectivity index (χ0v) is 16.3. The summed E-state index contributed by atoms with van der Waals surface area (Å²) >= 11 is 0. The summed E-state index contributed by atoms with van der Waals surface area (Å²) in [4.78, 5) is 15.7. The van der Waals surface area contributed by atoms with Crippen LogP contribution in [0.25, 0.3) is 0 Å². The lowest BCUT2D eigenvalue weighted by molar-refractivity contribution is 0.0836. The van der Waals surface area contributed by atoms with Gasteiger partial charge in [-0.15, -0.1) is 0 Å². The van der Waals surface area contributed by atoms with Crippen LogP contribution < -0.4 is 5.32 Å². The second kappa shape index (κ2) is 6.75. The number of hydrogen-bond donors (Lipinski definition) is 1. The van der Waals surface area contributed by atoms with Gasteiger partial charge in [-0.05, 0) is 75.4 Å². The van der Waals surface area contributed by atoms with Crippen LogP contribution in [0.2, 0.25) is 0 Å². The molecule has 1 atom stereocenters. The molecule has 0 radical (unpaired) electrons. The van der Waals surface area contributed by atoms with Crippen molar-refractivity contribution in [2.24, 2.45) is 0 Å². The molecule has 2 aliphatic heterocycles. The van der Waals surface area contributed by atoms with Gasteiger partial charge in [0.25, 0.3) is 5.91 Å². The standard InChI is InChI=1S/C23H27FN2O/c1-15-13-18(24)14-16(2)20(15)22(27)25-21(17-7-5-4-6-8-17)23-11-9-19(10-12-23)26(23)3/h4-8,13-14,19,21H,9-12H2,1-3H3,(H,25,27). The van der Waals surface area contributed by atoms with Crippen molar-refractivity contribution >= 4 is 5.91 Å². The van der Waals surface area contributed by atoms with Gasteiger partial charge < -0.3 is 5.32 Å². The largest absolute Gasteiger partial charge is 0.343 e. The SMILES string of the molecule is Cc1cc(F)cc(C)c1C(=O)NC(c1ccccc1)C12CCC(CC1)N2C. The third-order valence-electron chi connectivity index (χ3n) is 6.74. The van der Waals surface area contributed by atoms with E-state index in [0.29, 0.717) is 22.7 Å². The highest BCUT2D eigenvalue weighted by molar-refractivity contribution is 5.97. The zero-order chi connectivity index (χ0) is 19.2. The van der Waals surface area contributed by atoms with Crippen molar-refractivity contribution in [1.29, 1.82) is 0 Å². The summed E-state index contributed by atoms with van der Waals surface area (Å²) < 4.78 is 13.7. The predicted molar refractivity (Wildman–Crippen MR) is 105 cm³/mol. The van der Waals surface area contributed by atoms with Crippen molar-refractivity contribution in [1.82, 2.24) is 10.2 Å². The maximum atomic E-state index is 13.7. The molecule has 2 heterocycles. The molecule has 2 aromatic carbocycles. The first kappa shape index (κ1) is 18.2. The van der Waals surface area contributed by atoms with Crippen LogP contribution in [0.5, 0.6) is 0 Å². The van der Waals surface area contributed by atoms with Gasteiger partial charge in [-0.2, -0.15) is 0 Å². The van der Waals surface area contributed by atoms with Gasteiger partial charge in [0.05, 0.1) is 6.04 Å². The average molecular weight is 366 g/mol. The molecule has 27 heavy (non-hydrogen) atoms. The van der Waals surface area contributed by atoms with Crippen molar-refractivity contribution in [2.75, 3.05) is 7.05 Å². The van der Waals surface area contributed by atoms with Gasteiger partial charge in [0.15, 0.2) is 0 Å².